The summed E-state index contributed by atoms with van der Waals surface area (Å²) in [5.74, 6) is 0.734. The summed E-state index contributed by atoms with van der Waals surface area (Å²) >= 11 is 0.132. The van der Waals surface area contributed by atoms with Gasteiger partial charge in [-0.25, -0.2) is 0 Å². The van der Waals surface area contributed by atoms with Gasteiger partial charge in [-0.05, 0) is 0 Å². The molecule has 0 aliphatic carbocycles. The molecular formula is C16H13NO2SSe. The van der Waals surface area contributed by atoms with Crippen molar-refractivity contribution < 1.29 is 9.53 Å². The van der Waals surface area contributed by atoms with Crippen molar-refractivity contribution in [3.63, 3.8) is 0 Å². The van der Waals surface area contributed by atoms with E-state index in [0.717, 1.165) is 39.2 Å². The van der Waals surface area contributed by atoms with Crippen LogP contribution in [0.2, 0.25) is 0 Å². The number of hydrogen-bond donors (Lipinski definition) is 0. The molecule has 0 N–H and O–H groups in total. The van der Waals surface area contributed by atoms with E-state index in [-0.39, 0.29) is 13.8 Å². The van der Waals surface area contributed by atoms with E-state index in [0.29, 0.717) is 6.61 Å². The quantitative estimate of drug-likeness (QED) is 0.605. The first-order valence-corrected chi connectivity index (χ1v) is 10.2. The second-order valence-corrected chi connectivity index (χ2v) is 8.15. The molecule has 3 rings (SSSR count). The minimum absolute atomic E-state index is 0.132. The van der Waals surface area contributed by atoms with Crippen LogP contribution in [0, 0.1) is 0 Å². The third-order valence-corrected chi connectivity index (χ3v) is 7.33. The molecule has 106 valence electrons. The van der Waals surface area contributed by atoms with Crippen LogP contribution in [0.15, 0.2) is 58.4 Å². The molecule has 0 unspecified atom stereocenters. The van der Waals surface area contributed by atoms with Crippen LogP contribution >= 0.6 is 10.2 Å². The molecule has 5 heteroatoms. The van der Waals surface area contributed by atoms with Crippen LogP contribution in [0.5, 0.6) is 0 Å². The summed E-state index contributed by atoms with van der Waals surface area (Å²) in [5, 5.41) is 0. The van der Waals surface area contributed by atoms with Gasteiger partial charge in [0.15, 0.2) is 0 Å². The first kappa shape index (κ1) is 14.4. The minimum atomic E-state index is 0.132. The summed E-state index contributed by atoms with van der Waals surface area (Å²) in [4.78, 5) is 16.6. The van der Waals surface area contributed by atoms with Gasteiger partial charge in [-0.1, -0.05) is 0 Å². The zero-order valence-electron chi connectivity index (χ0n) is 11.2. The van der Waals surface area contributed by atoms with Gasteiger partial charge < -0.3 is 0 Å². The molecule has 2 aromatic carbocycles. The summed E-state index contributed by atoms with van der Waals surface area (Å²) < 4.78 is 6.67. The molecule has 0 saturated carbocycles. The van der Waals surface area contributed by atoms with Crippen LogP contribution in [-0.2, 0) is 4.74 Å². The zero-order valence-corrected chi connectivity index (χ0v) is 13.7. The monoisotopic (exact) mass is 363 g/mol. The molecule has 0 bridgehead atoms. The first-order chi connectivity index (χ1) is 10.4. The number of carbonyl (C=O) groups excluding carboxylic acids is 1. The zero-order chi connectivity index (χ0) is 14.5. The Labute approximate surface area is 133 Å². The number of rotatable bonds is 5. The van der Waals surface area contributed by atoms with Gasteiger partial charge in [0.1, 0.15) is 0 Å². The van der Waals surface area contributed by atoms with Crippen molar-refractivity contribution >= 4 is 40.7 Å². The van der Waals surface area contributed by atoms with E-state index in [4.69, 9.17) is 4.74 Å². The number of hydrogen-bond acceptors (Lipinski definition) is 4. The Kier molecular flexibility index (Phi) is 4.76. The predicted octanol–water partition coefficient (Wildman–Crippen LogP) is 2.31. The van der Waals surface area contributed by atoms with Crippen LogP contribution in [-0.4, -0.2) is 39.2 Å². The van der Waals surface area contributed by atoms with Crippen LogP contribution in [0.4, 0.5) is 0 Å². The van der Waals surface area contributed by atoms with E-state index >= 15 is 0 Å². The maximum absolute atomic E-state index is 11.1. The molecule has 21 heavy (non-hydrogen) atoms. The van der Waals surface area contributed by atoms with Crippen molar-refractivity contribution in [1.29, 1.82) is 0 Å². The second-order valence-electron chi connectivity index (χ2n) is 4.35. The fourth-order valence-electron chi connectivity index (χ4n) is 1.96. The summed E-state index contributed by atoms with van der Waals surface area (Å²) in [7, 11) is 1.76. The normalized spacial score (nSPS) is 13.6. The van der Waals surface area contributed by atoms with Crippen LogP contribution in [0.25, 0.3) is 0 Å². The van der Waals surface area contributed by atoms with E-state index in [1.54, 1.807) is 10.2 Å². The average Bonchev–Trinajstić information content (AvgIpc) is 3.08. The fraction of sp³-hybridized carbons (Fsp3) is 0.125. The van der Waals surface area contributed by atoms with Gasteiger partial charge >= 0.3 is 133 Å². The van der Waals surface area contributed by atoms with Crippen molar-refractivity contribution in [2.45, 2.75) is 4.90 Å². The number of aliphatic imine (C=N–C) groups is 1. The maximum atomic E-state index is 11.1. The molecule has 0 spiro atoms. The summed E-state index contributed by atoms with van der Waals surface area (Å²) in [6, 6.07) is 15.9. The fourth-order valence-corrected chi connectivity index (χ4v) is 6.08. The van der Waals surface area contributed by atoms with Gasteiger partial charge in [-0.3, -0.25) is 0 Å². The Morgan fingerprint density at radius 3 is 2.76 bits per heavy atom. The van der Waals surface area contributed by atoms with Crippen molar-refractivity contribution in [2.75, 3.05) is 13.2 Å². The Bertz CT molecular complexity index is 687. The molecule has 0 amide bonds. The van der Waals surface area contributed by atoms with E-state index in [9.17, 15) is 4.79 Å². The molecule has 2 aromatic rings. The molecule has 0 fully saturated rings. The summed E-state index contributed by atoms with van der Waals surface area (Å²) in [6.07, 6.45) is 0.924. The number of aldehydes is 1. The van der Waals surface area contributed by atoms with Crippen molar-refractivity contribution in [3.8, 4) is 0 Å². The number of benzene rings is 2. The van der Waals surface area contributed by atoms with Crippen LogP contribution in [0.1, 0.15) is 15.9 Å². The Morgan fingerprint density at radius 1 is 1.14 bits per heavy atom. The molecule has 0 saturated heterocycles. The van der Waals surface area contributed by atoms with Crippen molar-refractivity contribution in [2.24, 2.45) is 4.99 Å². The molecule has 0 atom stereocenters. The molecule has 0 aromatic heterocycles. The molecule has 1 aliphatic rings. The topological polar surface area (TPSA) is 38.7 Å². The Hall–Kier alpha value is -1.55. The van der Waals surface area contributed by atoms with E-state index in [1.165, 1.54) is 0 Å². The third-order valence-electron chi connectivity index (χ3n) is 2.97. The molecule has 1 aliphatic heterocycles. The average molecular weight is 362 g/mol. The van der Waals surface area contributed by atoms with Gasteiger partial charge in [0.2, 0.25) is 0 Å². The van der Waals surface area contributed by atoms with Crippen molar-refractivity contribution in [1.82, 2.24) is 0 Å². The van der Waals surface area contributed by atoms with Crippen LogP contribution < -0.4 is 4.46 Å². The van der Waals surface area contributed by atoms with Crippen molar-refractivity contribution in [3.05, 3.63) is 59.7 Å². The van der Waals surface area contributed by atoms with Gasteiger partial charge in [0.25, 0.3) is 0 Å². The molecular weight excluding hydrogens is 349 g/mol. The summed E-state index contributed by atoms with van der Waals surface area (Å²) in [5.41, 5.74) is 1.82. The summed E-state index contributed by atoms with van der Waals surface area (Å²) in [6.45, 7) is 1.39. The van der Waals surface area contributed by atoms with E-state index in [2.05, 4.69) is 11.1 Å². The van der Waals surface area contributed by atoms with Gasteiger partial charge in [0.05, 0.1) is 0 Å². The number of ether oxygens (including phenoxy) is 1. The SMILES string of the molecule is O=Cc1ccccc1[Se]Sc1ccccc1C1=NCCO1. The van der Waals surface area contributed by atoms with Gasteiger partial charge in [-0.15, -0.1) is 0 Å². The Balaban J connectivity index is 1.81. The molecule has 3 nitrogen and oxygen atoms in total. The number of carbonyl (C=O) groups is 1. The molecule has 1 heterocycles. The third kappa shape index (κ3) is 3.38. The Morgan fingerprint density at radius 2 is 1.95 bits per heavy atom. The van der Waals surface area contributed by atoms with E-state index in [1.807, 2.05) is 42.5 Å². The predicted molar refractivity (Wildman–Crippen MR) is 86.9 cm³/mol. The van der Waals surface area contributed by atoms with Crippen LogP contribution in [0.3, 0.4) is 0 Å². The molecule has 0 radical (unpaired) electrons. The number of nitrogens with zero attached hydrogens (tertiary/aromatic N) is 1. The standard InChI is InChI=1S/C16H13NO2SSe/c18-11-12-5-1-4-8-15(12)21-20-14-7-3-2-6-13(14)16-17-9-10-19-16/h1-8,11H,9-10H2. The second kappa shape index (κ2) is 6.94. The van der Waals surface area contributed by atoms with E-state index < -0.39 is 0 Å². The van der Waals surface area contributed by atoms with Gasteiger partial charge in [-0.2, -0.15) is 0 Å². The first-order valence-electron chi connectivity index (χ1n) is 6.54. The van der Waals surface area contributed by atoms with Gasteiger partial charge in [0, 0.05) is 0 Å².